The lowest BCUT2D eigenvalue weighted by Crippen LogP contribution is -2.08. The lowest BCUT2D eigenvalue weighted by atomic mass is 10.0. The highest BCUT2D eigenvalue weighted by molar-refractivity contribution is 9.10. The number of carboxylic acids is 1. The molecule has 1 heterocycles. The van der Waals surface area contributed by atoms with Crippen LogP contribution in [0.3, 0.4) is 0 Å². The van der Waals surface area contributed by atoms with Gasteiger partial charge in [0.2, 0.25) is 0 Å². The Balaban J connectivity index is 2.19. The summed E-state index contributed by atoms with van der Waals surface area (Å²) in [6.45, 7) is 2.29. The minimum absolute atomic E-state index is 0.118. The number of benzene rings is 1. The standard InChI is InChI=1S/C15H13BrN2O3/c1-2-18-14(15(20)21)12(16)13(17-18)10-7-11(19)9-6-4-3-5-8(9)10/h3-7,11,19H,2H2,1H3,(H,20,21). The normalized spacial score (nSPS) is 16.7. The molecular weight excluding hydrogens is 336 g/mol. The average molecular weight is 349 g/mol. The van der Waals surface area contributed by atoms with Crippen molar-refractivity contribution in [2.45, 2.75) is 19.6 Å². The molecule has 0 saturated heterocycles. The zero-order valence-corrected chi connectivity index (χ0v) is 12.8. The quantitative estimate of drug-likeness (QED) is 0.894. The minimum atomic E-state index is -1.03. The fourth-order valence-corrected chi connectivity index (χ4v) is 3.26. The molecule has 0 fully saturated rings. The Labute approximate surface area is 129 Å². The van der Waals surface area contributed by atoms with Gasteiger partial charge in [0.1, 0.15) is 5.69 Å². The summed E-state index contributed by atoms with van der Waals surface area (Å²) in [5.74, 6) is -1.03. The van der Waals surface area contributed by atoms with Gasteiger partial charge in [0.05, 0.1) is 10.6 Å². The molecule has 6 heteroatoms. The Morgan fingerprint density at radius 1 is 1.43 bits per heavy atom. The summed E-state index contributed by atoms with van der Waals surface area (Å²) in [6.07, 6.45) is 1.01. The third kappa shape index (κ3) is 2.11. The van der Waals surface area contributed by atoms with Crippen LogP contribution in [0.25, 0.3) is 5.57 Å². The lowest BCUT2D eigenvalue weighted by molar-refractivity contribution is 0.0682. The van der Waals surface area contributed by atoms with E-state index in [9.17, 15) is 15.0 Å². The van der Waals surface area contributed by atoms with E-state index in [2.05, 4.69) is 21.0 Å². The predicted octanol–water partition coefficient (Wildman–Crippen LogP) is 2.84. The largest absolute Gasteiger partial charge is 0.476 e. The van der Waals surface area contributed by atoms with Crippen molar-refractivity contribution in [3.8, 4) is 0 Å². The highest BCUT2D eigenvalue weighted by Gasteiger charge is 2.28. The Hall–Kier alpha value is -1.92. The molecule has 2 aromatic rings. The van der Waals surface area contributed by atoms with Gasteiger partial charge in [-0.15, -0.1) is 0 Å². The molecule has 0 bridgehead atoms. The molecule has 0 radical (unpaired) electrons. The molecule has 0 spiro atoms. The summed E-state index contributed by atoms with van der Waals surface area (Å²) in [6, 6.07) is 7.50. The smallest absolute Gasteiger partial charge is 0.355 e. The molecular formula is C15H13BrN2O3. The van der Waals surface area contributed by atoms with Crippen LogP contribution in [0.5, 0.6) is 0 Å². The lowest BCUT2D eigenvalue weighted by Gasteiger charge is -2.04. The fourth-order valence-electron chi connectivity index (χ4n) is 2.59. The first-order valence-electron chi connectivity index (χ1n) is 6.53. The first-order chi connectivity index (χ1) is 10.0. The summed E-state index contributed by atoms with van der Waals surface area (Å²) in [4.78, 5) is 11.4. The van der Waals surface area contributed by atoms with E-state index in [0.717, 1.165) is 16.7 Å². The molecule has 1 aliphatic carbocycles. The monoisotopic (exact) mass is 348 g/mol. The molecule has 1 atom stereocenters. The van der Waals surface area contributed by atoms with Crippen molar-refractivity contribution in [3.05, 3.63) is 57.3 Å². The van der Waals surface area contributed by atoms with Crippen molar-refractivity contribution in [2.75, 3.05) is 0 Å². The van der Waals surface area contributed by atoms with Gasteiger partial charge in [-0.25, -0.2) is 4.79 Å². The molecule has 5 nitrogen and oxygen atoms in total. The first-order valence-corrected chi connectivity index (χ1v) is 7.33. The number of aliphatic hydroxyl groups is 1. The molecule has 21 heavy (non-hydrogen) atoms. The summed E-state index contributed by atoms with van der Waals surface area (Å²) in [5.41, 5.74) is 3.09. The number of fused-ring (bicyclic) bond motifs is 1. The van der Waals surface area contributed by atoms with Crippen LogP contribution in [0.2, 0.25) is 0 Å². The van der Waals surface area contributed by atoms with E-state index in [4.69, 9.17) is 0 Å². The molecule has 3 rings (SSSR count). The SMILES string of the molecule is CCn1nc(C2=CC(O)c3ccccc32)c(Br)c1C(=O)O. The van der Waals surface area contributed by atoms with Crippen LogP contribution in [0.4, 0.5) is 0 Å². The van der Waals surface area contributed by atoms with Gasteiger partial charge in [0.15, 0.2) is 5.69 Å². The van der Waals surface area contributed by atoms with E-state index in [1.807, 2.05) is 31.2 Å². The number of hydrogen-bond acceptors (Lipinski definition) is 3. The number of halogens is 1. The van der Waals surface area contributed by atoms with Crippen molar-refractivity contribution in [3.63, 3.8) is 0 Å². The number of carboxylic acid groups (broad SMARTS) is 1. The maximum absolute atomic E-state index is 11.4. The molecule has 0 amide bonds. The van der Waals surface area contributed by atoms with Gasteiger partial charge in [-0.2, -0.15) is 5.10 Å². The Morgan fingerprint density at radius 3 is 2.76 bits per heavy atom. The molecule has 2 N–H and O–H groups in total. The number of aryl methyl sites for hydroxylation is 1. The van der Waals surface area contributed by atoms with Crippen LogP contribution in [0.15, 0.2) is 34.8 Å². The average Bonchev–Trinajstić information content (AvgIpc) is 2.97. The highest BCUT2D eigenvalue weighted by atomic mass is 79.9. The van der Waals surface area contributed by atoms with Crippen molar-refractivity contribution in [1.29, 1.82) is 0 Å². The molecule has 108 valence electrons. The number of hydrogen-bond donors (Lipinski definition) is 2. The molecule has 1 aliphatic rings. The van der Waals surface area contributed by atoms with Gasteiger partial charge in [-0.05, 0) is 40.1 Å². The summed E-state index contributed by atoms with van der Waals surface area (Å²) in [7, 11) is 0. The first kappa shape index (κ1) is 14.0. The van der Waals surface area contributed by atoms with Gasteiger partial charge in [0.25, 0.3) is 0 Å². The number of nitrogens with zero attached hydrogens (tertiary/aromatic N) is 2. The highest BCUT2D eigenvalue weighted by Crippen LogP contribution is 2.40. The second-order valence-corrected chi connectivity index (χ2v) is 5.54. The Kier molecular flexibility index (Phi) is 3.43. The van der Waals surface area contributed by atoms with Crippen molar-refractivity contribution in [2.24, 2.45) is 0 Å². The molecule has 0 aliphatic heterocycles. The van der Waals surface area contributed by atoms with E-state index in [-0.39, 0.29) is 5.69 Å². The second-order valence-electron chi connectivity index (χ2n) is 4.74. The van der Waals surface area contributed by atoms with Gasteiger partial charge in [-0.1, -0.05) is 24.3 Å². The summed E-state index contributed by atoms with van der Waals surface area (Å²) >= 11 is 3.34. The van der Waals surface area contributed by atoms with Crippen molar-refractivity contribution < 1.29 is 15.0 Å². The third-order valence-electron chi connectivity index (χ3n) is 3.55. The number of aromatic nitrogens is 2. The summed E-state index contributed by atoms with van der Waals surface area (Å²) in [5, 5.41) is 23.8. The number of carbonyl (C=O) groups is 1. The predicted molar refractivity (Wildman–Crippen MR) is 81.0 cm³/mol. The van der Waals surface area contributed by atoms with E-state index >= 15 is 0 Å². The maximum atomic E-state index is 11.4. The topological polar surface area (TPSA) is 75.3 Å². The van der Waals surface area contributed by atoms with Gasteiger partial charge < -0.3 is 10.2 Å². The van der Waals surface area contributed by atoms with Crippen molar-refractivity contribution >= 4 is 27.5 Å². The van der Waals surface area contributed by atoms with Crippen LogP contribution in [-0.4, -0.2) is 26.0 Å². The number of rotatable bonds is 3. The van der Waals surface area contributed by atoms with Gasteiger partial charge >= 0.3 is 5.97 Å². The van der Waals surface area contributed by atoms with Crippen LogP contribution < -0.4 is 0 Å². The minimum Gasteiger partial charge on any atom is -0.476 e. The molecule has 1 aromatic heterocycles. The zero-order valence-electron chi connectivity index (χ0n) is 11.2. The Bertz CT molecular complexity index is 764. The zero-order chi connectivity index (χ0) is 15.1. The summed E-state index contributed by atoms with van der Waals surface area (Å²) < 4.78 is 1.88. The van der Waals surface area contributed by atoms with Crippen LogP contribution in [0.1, 0.15) is 40.3 Å². The third-order valence-corrected chi connectivity index (χ3v) is 4.30. The van der Waals surface area contributed by atoms with Crippen LogP contribution in [0, 0.1) is 0 Å². The maximum Gasteiger partial charge on any atom is 0.355 e. The second kappa shape index (κ2) is 5.13. The van der Waals surface area contributed by atoms with Gasteiger partial charge in [0, 0.05) is 12.1 Å². The van der Waals surface area contributed by atoms with Crippen LogP contribution >= 0.6 is 15.9 Å². The molecule has 1 unspecified atom stereocenters. The van der Waals surface area contributed by atoms with E-state index in [0.29, 0.717) is 16.7 Å². The van der Waals surface area contributed by atoms with E-state index in [1.165, 1.54) is 4.68 Å². The molecule has 1 aromatic carbocycles. The number of aromatic carboxylic acids is 1. The Morgan fingerprint density at radius 2 is 2.14 bits per heavy atom. The number of aliphatic hydroxyl groups excluding tert-OH is 1. The van der Waals surface area contributed by atoms with Crippen molar-refractivity contribution in [1.82, 2.24) is 9.78 Å². The molecule has 0 saturated carbocycles. The fraction of sp³-hybridized carbons (Fsp3) is 0.200. The van der Waals surface area contributed by atoms with Crippen LogP contribution in [-0.2, 0) is 6.54 Å². The van der Waals surface area contributed by atoms with E-state index in [1.54, 1.807) is 6.08 Å². The van der Waals surface area contributed by atoms with Gasteiger partial charge in [-0.3, -0.25) is 4.68 Å². The van der Waals surface area contributed by atoms with E-state index < -0.39 is 12.1 Å².